The Morgan fingerprint density at radius 2 is 1.95 bits per heavy atom. The Morgan fingerprint density at radius 1 is 1.29 bits per heavy atom. The molecule has 0 N–H and O–H groups in total. The highest BCUT2D eigenvalue weighted by molar-refractivity contribution is 5.73. The lowest BCUT2D eigenvalue weighted by molar-refractivity contribution is -0.129. The lowest BCUT2D eigenvalue weighted by Crippen LogP contribution is -2.36. The van der Waals surface area contributed by atoms with Crippen LogP contribution in [0.1, 0.15) is 31.6 Å². The van der Waals surface area contributed by atoms with E-state index in [-0.39, 0.29) is 17.6 Å². The van der Waals surface area contributed by atoms with Gasteiger partial charge in [0.1, 0.15) is 5.82 Å². The molecule has 1 fully saturated rings. The van der Waals surface area contributed by atoms with Crippen LogP contribution in [-0.4, -0.2) is 34.0 Å². The molecule has 0 saturated carbocycles. The molecule has 3 rings (SSSR count). The molecule has 2 heterocycles. The van der Waals surface area contributed by atoms with Crippen molar-refractivity contribution < 1.29 is 13.7 Å². The molecule has 1 aliphatic heterocycles. The summed E-state index contributed by atoms with van der Waals surface area (Å²) in [5.74, 6) is 1.06. The number of hydrogen-bond donors (Lipinski definition) is 0. The van der Waals surface area contributed by atoms with Crippen molar-refractivity contribution in [3.8, 4) is 11.4 Å². The Balaban J connectivity index is 1.71. The van der Waals surface area contributed by atoms with Gasteiger partial charge in [0.2, 0.25) is 17.6 Å². The number of likely N-dealkylation sites (tertiary alicyclic amines) is 1. The Morgan fingerprint density at radius 3 is 2.57 bits per heavy atom. The average molecular weight is 289 g/mol. The molecule has 6 heteroatoms. The maximum absolute atomic E-state index is 12.9. The summed E-state index contributed by atoms with van der Waals surface area (Å²) in [7, 11) is 0. The van der Waals surface area contributed by atoms with Gasteiger partial charge in [0.15, 0.2) is 0 Å². The lowest BCUT2D eigenvalue weighted by atomic mass is 9.97. The van der Waals surface area contributed by atoms with Gasteiger partial charge in [-0.25, -0.2) is 4.39 Å². The van der Waals surface area contributed by atoms with Crippen molar-refractivity contribution in [2.45, 2.75) is 25.7 Å². The van der Waals surface area contributed by atoms with Crippen molar-refractivity contribution in [3.63, 3.8) is 0 Å². The van der Waals surface area contributed by atoms with Crippen molar-refractivity contribution in [3.05, 3.63) is 36.0 Å². The van der Waals surface area contributed by atoms with Gasteiger partial charge in [0.05, 0.1) is 0 Å². The quantitative estimate of drug-likeness (QED) is 0.852. The van der Waals surface area contributed by atoms with Gasteiger partial charge < -0.3 is 9.42 Å². The normalized spacial score (nSPS) is 16.2. The number of piperidine rings is 1. The summed E-state index contributed by atoms with van der Waals surface area (Å²) in [4.78, 5) is 17.5. The van der Waals surface area contributed by atoms with Crippen molar-refractivity contribution in [2.75, 3.05) is 13.1 Å². The number of carbonyl (C=O) groups is 1. The summed E-state index contributed by atoms with van der Waals surface area (Å²) >= 11 is 0. The van der Waals surface area contributed by atoms with Crippen LogP contribution in [0.5, 0.6) is 0 Å². The van der Waals surface area contributed by atoms with Crippen LogP contribution in [0.2, 0.25) is 0 Å². The fraction of sp³-hybridized carbons (Fsp3) is 0.400. The molecule has 0 unspecified atom stereocenters. The first-order valence-corrected chi connectivity index (χ1v) is 6.98. The van der Waals surface area contributed by atoms with Gasteiger partial charge >= 0.3 is 0 Å². The Hall–Kier alpha value is -2.24. The fourth-order valence-corrected chi connectivity index (χ4v) is 2.56. The molecule has 2 aromatic rings. The Bertz CT molecular complexity index is 631. The number of rotatable bonds is 2. The van der Waals surface area contributed by atoms with Gasteiger partial charge in [0.25, 0.3) is 0 Å². The molecule has 1 aromatic heterocycles. The molecule has 1 aliphatic rings. The smallest absolute Gasteiger partial charge is 0.230 e. The number of benzene rings is 1. The first-order chi connectivity index (χ1) is 10.1. The molecule has 1 saturated heterocycles. The van der Waals surface area contributed by atoms with Crippen LogP contribution >= 0.6 is 0 Å². The Kier molecular flexibility index (Phi) is 3.68. The van der Waals surface area contributed by atoms with E-state index in [2.05, 4.69) is 10.1 Å². The van der Waals surface area contributed by atoms with Crippen LogP contribution in [0.15, 0.2) is 28.8 Å². The van der Waals surface area contributed by atoms with E-state index >= 15 is 0 Å². The summed E-state index contributed by atoms with van der Waals surface area (Å²) in [6.07, 6.45) is 1.65. The van der Waals surface area contributed by atoms with E-state index in [0.717, 1.165) is 18.4 Å². The minimum Gasteiger partial charge on any atom is -0.343 e. The highest BCUT2D eigenvalue weighted by Crippen LogP contribution is 2.28. The maximum atomic E-state index is 12.9. The summed E-state index contributed by atoms with van der Waals surface area (Å²) < 4.78 is 18.2. The fourth-order valence-electron chi connectivity index (χ4n) is 2.56. The van der Waals surface area contributed by atoms with Crippen LogP contribution < -0.4 is 0 Å². The highest BCUT2D eigenvalue weighted by Gasteiger charge is 2.26. The van der Waals surface area contributed by atoms with E-state index in [4.69, 9.17) is 4.52 Å². The zero-order chi connectivity index (χ0) is 14.8. The molecule has 1 aromatic carbocycles. The minimum atomic E-state index is -0.293. The second kappa shape index (κ2) is 5.63. The molecule has 1 amide bonds. The topological polar surface area (TPSA) is 59.2 Å². The molecule has 5 nitrogen and oxygen atoms in total. The Labute approximate surface area is 121 Å². The van der Waals surface area contributed by atoms with Gasteiger partial charge in [-0.1, -0.05) is 5.16 Å². The third-order valence-corrected chi connectivity index (χ3v) is 3.83. The van der Waals surface area contributed by atoms with Crippen molar-refractivity contribution in [1.82, 2.24) is 15.0 Å². The summed E-state index contributed by atoms with van der Waals surface area (Å²) in [6, 6.07) is 6.00. The van der Waals surface area contributed by atoms with Gasteiger partial charge in [0, 0.05) is 31.5 Å². The summed E-state index contributed by atoms with van der Waals surface area (Å²) in [6.45, 7) is 3.02. The van der Waals surface area contributed by atoms with Gasteiger partial charge in [-0.3, -0.25) is 4.79 Å². The van der Waals surface area contributed by atoms with Gasteiger partial charge in [-0.15, -0.1) is 0 Å². The van der Waals surface area contributed by atoms with E-state index in [1.54, 1.807) is 19.1 Å². The number of nitrogens with zero attached hydrogens (tertiary/aromatic N) is 3. The second-order valence-electron chi connectivity index (χ2n) is 5.24. The lowest BCUT2D eigenvalue weighted by Gasteiger charge is -2.29. The van der Waals surface area contributed by atoms with E-state index in [1.165, 1.54) is 12.1 Å². The summed E-state index contributed by atoms with van der Waals surface area (Å²) in [5, 5.41) is 3.96. The van der Waals surface area contributed by atoms with Crippen LogP contribution in [0.25, 0.3) is 11.4 Å². The van der Waals surface area contributed by atoms with E-state index < -0.39 is 0 Å². The number of carbonyl (C=O) groups excluding carboxylic acids is 1. The van der Waals surface area contributed by atoms with Crippen LogP contribution in [-0.2, 0) is 4.79 Å². The van der Waals surface area contributed by atoms with Crippen LogP contribution in [0.3, 0.4) is 0 Å². The predicted molar refractivity (Wildman–Crippen MR) is 73.9 cm³/mol. The number of aromatic nitrogens is 2. The third kappa shape index (κ3) is 2.94. The van der Waals surface area contributed by atoms with Crippen molar-refractivity contribution in [2.24, 2.45) is 0 Å². The average Bonchev–Trinajstić information content (AvgIpc) is 2.98. The molecule has 110 valence electrons. The number of halogens is 1. The van der Waals surface area contributed by atoms with E-state index in [0.29, 0.717) is 24.8 Å². The minimum absolute atomic E-state index is 0.103. The van der Waals surface area contributed by atoms with Crippen molar-refractivity contribution in [1.29, 1.82) is 0 Å². The molecular weight excluding hydrogens is 273 g/mol. The second-order valence-corrected chi connectivity index (χ2v) is 5.24. The maximum Gasteiger partial charge on any atom is 0.230 e. The van der Waals surface area contributed by atoms with Crippen LogP contribution in [0, 0.1) is 5.82 Å². The molecule has 0 aliphatic carbocycles. The first kappa shape index (κ1) is 13.7. The predicted octanol–water partition coefficient (Wildman–Crippen LogP) is 2.60. The summed E-state index contributed by atoms with van der Waals surface area (Å²) in [5.41, 5.74) is 0.729. The standard InChI is InChI=1S/C15H16FN3O2/c1-10(20)19-8-6-12(7-9-19)15-17-14(18-21-15)11-2-4-13(16)5-3-11/h2-5,12H,6-9H2,1H3. The molecule has 0 atom stereocenters. The van der Waals surface area contributed by atoms with Gasteiger partial charge in [-0.2, -0.15) is 4.98 Å². The molecule has 0 radical (unpaired) electrons. The molecular formula is C15H16FN3O2. The largest absolute Gasteiger partial charge is 0.343 e. The monoisotopic (exact) mass is 289 g/mol. The zero-order valence-corrected chi connectivity index (χ0v) is 11.8. The van der Waals surface area contributed by atoms with E-state index in [9.17, 15) is 9.18 Å². The molecule has 0 spiro atoms. The van der Waals surface area contributed by atoms with E-state index in [1.807, 2.05) is 4.90 Å². The number of hydrogen-bond acceptors (Lipinski definition) is 4. The molecule has 21 heavy (non-hydrogen) atoms. The number of amides is 1. The SMILES string of the molecule is CC(=O)N1CCC(c2nc(-c3ccc(F)cc3)no2)CC1. The van der Waals surface area contributed by atoms with Crippen LogP contribution in [0.4, 0.5) is 4.39 Å². The third-order valence-electron chi connectivity index (χ3n) is 3.83. The highest BCUT2D eigenvalue weighted by atomic mass is 19.1. The molecule has 0 bridgehead atoms. The van der Waals surface area contributed by atoms with Gasteiger partial charge in [-0.05, 0) is 37.1 Å². The first-order valence-electron chi connectivity index (χ1n) is 6.98. The zero-order valence-electron chi connectivity index (χ0n) is 11.8. The van der Waals surface area contributed by atoms with Crippen molar-refractivity contribution >= 4 is 5.91 Å².